The molecule has 12 nitrogen and oxygen atoms in total. The smallest absolute Gasteiger partial charge is 0.390 e. The van der Waals surface area contributed by atoms with Crippen molar-refractivity contribution in [2.24, 2.45) is 0 Å². The van der Waals surface area contributed by atoms with Gasteiger partial charge in [0.15, 0.2) is 46.0 Å². The van der Waals surface area contributed by atoms with Crippen molar-refractivity contribution in [3.8, 4) is 57.0 Å². The van der Waals surface area contributed by atoms with Crippen LogP contribution in [-0.4, -0.2) is 68.0 Å². The number of phenols is 1. The molecular weight excluding hydrogens is 993 g/mol. The monoisotopic (exact) mass is 1040 g/mol. The normalized spacial score (nSPS) is 11.6. The zero-order valence-electron chi connectivity index (χ0n) is 41.4. The van der Waals surface area contributed by atoms with Gasteiger partial charge >= 0.3 is 12.4 Å². The number of phenolic OH excluding ortho intramolecular Hbond substituents is 1. The standard InChI is InChI=1S/C28H27F4N3O3.C27H25F4N3O3/c1-4-5-25(36)21-8-6-18(12-17(21)2)24-15-34-27-23(33-11-10-28(30,31)32)14-20(16-35(24)27)38-19-7-9-26(37-3)22(29)13-19;1-3-4-24(35)20-7-5-17(11-16(20)2)23-14-33-26-22(32-10-9-27(29,30)31)13-19(15-34(23)26)37-18-6-8-25(36)21(28)12-18/h6-9,12-16,33H,4-5,10-11H2,1-3H3;5-8,11-15,32,36H,3-4,9-10H2,1-2H3. The summed E-state index contributed by atoms with van der Waals surface area (Å²) >= 11 is 0. The van der Waals surface area contributed by atoms with Crippen molar-refractivity contribution in [3.05, 3.63) is 144 Å². The van der Waals surface area contributed by atoms with E-state index in [-0.39, 0.29) is 53.4 Å². The summed E-state index contributed by atoms with van der Waals surface area (Å²) in [5, 5.41) is 15.0. The van der Waals surface area contributed by atoms with Gasteiger partial charge in [-0.3, -0.25) is 18.4 Å². The number of ether oxygens (including phenoxy) is 3. The lowest BCUT2D eigenvalue weighted by Crippen LogP contribution is -2.15. The molecule has 4 aromatic carbocycles. The molecule has 20 heteroatoms. The van der Waals surface area contributed by atoms with Crippen LogP contribution < -0.4 is 24.8 Å². The Kier molecular flexibility index (Phi) is 17.0. The highest BCUT2D eigenvalue weighted by molar-refractivity contribution is 5.98. The Labute approximate surface area is 425 Å². The second-order valence-electron chi connectivity index (χ2n) is 17.5. The molecule has 0 amide bonds. The summed E-state index contributed by atoms with van der Waals surface area (Å²) in [5.41, 5.74) is 7.00. The van der Waals surface area contributed by atoms with E-state index in [1.807, 2.05) is 45.9 Å². The van der Waals surface area contributed by atoms with Gasteiger partial charge in [0.05, 0.1) is 67.5 Å². The number of hydrogen-bond acceptors (Lipinski definition) is 10. The number of ketones is 2. The second kappa shape index (κ2) is 23.4. The number of alkyl halides is 6. The van der Waals surface area contributed by atoms with Crippen LogP contribution in [0.3, 0.4) is 0 Å². The van der Waals surface area contributed by atoms with Crippen LogP contribution in [0.1, 0.15) is 84.2 Å². The van der Waals surface area contributed by atoms with Crippen molar-refractivity contribution in [2.45, 2.75) is 78.6 Å². The summed E-state index contributed by atoms with van der Waals surface area (Å²) in [6.45, 7) is 6.83. The molecule has 75 heavy (non-hydrogen) atoms. The lowest BCUT2D eigenvalue weighted by atomic mass is 9.98. The molecule has 4 heterocycles. The summed E-state index contributed by atoms with van der Waals surface area (Å²) in [6.07, 6.45) is -1.96. The summed E-state index contributed by atoms with van der Waals surface area (Å²) in [7, 11) is 1.35. The van der Waals surface area contributed by atoms with E-state index in [9.17, 15) is 49.8 Å². The van der Waals surface area contributed by atoms with Crippen LogP contribution in [-0.2, 0) is 0 Å². The number of fused-ring (bicyclic) bond motifs is 2. The maximum atomic E-state index is 14.2. The van der Waals surface area contributed by atoms with Gasteiger partial charge in [0, 0.05) is 72.5 Å². The molecule has 0 bridgehead atoms. The number of Topliss-reactive ketones (excluding diaryl/α,β-unsaturated/α-hetero) is 2. The fourth-order valence-electron chi connectivity index (χ4n) is 8.13. The third kappa shape index (κ3) is 13.7. The number of anilines is 2. The topological polar surface area (TPSA) is 141 Å². The maximum absolute atomic E-state index is 14.2. The Morgan fingerprint density at radius 2 is 1.04 bits per heavy atom. The van der Waals surface area contributed by atoms with E-state index < -0.39 is 42.6 Å². The molecule has 394 valence electrons. The molecule has 0 aliphatic rings. The average molecular weight is 1050 g/mol. The van der Waals surface area contributed by atoms with Crippen molar-refractivity contribution in [2.75, 3.05) is 30.8 Å². The van der Waals surface area contributed by atoms with Crippen LogP contribution in [0.5, 0.6) is 34.5 Å². The fraction of sp³-hybridized carbons (Fsp3) is 0.273. The van der Waals surface area contributed by atoms with E-state index in [1.165, 1.54) is 37.4 Å². The van der Waals surface area contributed by atoms with Gasteiger partial charge in [0.1, 0.15) is 23.0 Å². The van der Waals surface area contributed by atoms with Crippen LogP contribution >= 0.6 is 0 Å². The van der Waals surface area contributed by atoms with Crippen LogP contribution in [0, 0.1) is 25.5 Å². The van der Waals surface area contributed by atoms with Gasteiger partial charge in [0.2, 0.25) is 0 Å². The quantitative estimate of drug-likeness (QED) is 0.0529. The first-order chi connectivity index (χ1) is 35.6. The van der Waals surface area contributed by atoms with E-state index in [1.54, 1.807) is 51.8 Å². The minimum atomic E-state index is -4.34. The largest absolute Gasteiger partial charge is 0.505 e. The fourth-order valence-corrected chi connectivity index (χ4v) is 8.13. The lowest BCUT2D eigenvalue weighted by molar-refractivity contribution is -0.132. The summed E-state index contributed by atoms with van der Waals surface area (Å²) in [6, 6.07) is 21.4. The number of rotatable bonds is 19. The number of hydrogen-bond donors (Lipinski definition) is 3. The zero-order chi connectivity index (χ0) is 54.2. The third-order valence-electron chi connectivity index (χ3n) is 11.7. The molecule has 3 N–H and O–H groups in total. The number of aromatic nitrogens is 4. The van der Waals surface area contributed by atoms with Gasteiger partial charge in [0.25, 0.3) is 0 Å². The predicted molar refractivity (Wildman–Crippen MR) is 269 cm³/mol. The number of benzene rings is 4. The number of pyridine rings is 2. The van der Waals surface area contributed by atoms with Crippen molar-refractivity contribution in [1.29, 1.82) is 0 Å². The predicted octanol–water partition coefficient (Wildman–Crippen LogP) is 14.9. The maximum Gasteiger partial charge on any atom is 0.390 e. The molecule has 0 aliphatic carbocycles. The Morgan fingerprint density at radius 3 is 1.43 bits per heavy atom. The van der Waals surface area contributed by atoms with Gasteiger partial charge in [-0.1, -0.05) is 38.1 Å². The third-order valence-corrected chi connectivity index (χ3v) is 11.7. The number of aromatic hydroxyl groups is 1. The molecule has 8 aromatic rings. The number of aryl methyl sites for hydroxylation is 2. The first-order valence-electron chi connectivity index (χ1n) is 23.7. The zero-order valence-corrected chi connectivity index (χ0v) is 41.4. The van der Waals surface area contributed by atoms with Gasteiger partial charge in [-0.05, 0) is 74.2 Å². The highest BCUT2D eigenvalue weighted by Crippen LogP contribution is 2.36. The van der Waals surface area contributed by atoms with E-state index in [0.29, 0.717) is 58.0 Å². The molecule has 4 aromatic heterocycles. The highest BCUT2D eigenvalue weighted by atomic mass is 19.4. The van der Waals surface area contributed by atoms with E-state index >= 15 is 0 Å². The van der Waals surface area contributed by atoms with Crippen molar-refractivity contribution in [1.82, 2.24) is 18.8 Å². The van der Waals surface area contributed by atoms with Crippen LogP contribution in [0.25, 0.3) is 33.8 Å². The van der Waals surface area contributed by atoms with Crippen molar-refractivity contribution in [3.63, 3.8) is 0 Å². The molecule has 0 aliphatic heterocycles. The van der Waals surface area contributed by atoms with Gasteiger partial charge in [-0.15, -0.1) is 0 Å². The first kappa shape index (κ1) is 54.6. The summed E-state index contributed by atoms with van der Waals surface area (Å²) in [5.74, 6) is -1.14. The van der Waals surface area contributed by atoms with Crippen LogP contribution in [0.15, 0.2) is 110 Å². The number of methoxy groups -OCH3 is 1. The molecule has 0 spiro atoms. The molecule has 0 saturated carbocycles. The number of carbonyl (C=O) groups is 2. The first-order valence-corrected chi connectivity index (χ1v) is 23.7. The number of nitrogens with zero attached hydrogens (tertiary/aromatic N) is 4. The molecule has 0 fully saturated rings. The van der Waals surface area contributed by atoms with Crippen LogP contribution in [0.4, 0.5) is 46.5 Å². The summed E-state index contributed by atoms with van der Waals surface area (Å²) in [4.78, 5) is 33.6. The second-order valence-corrected chi connectivity index (χ2v) is 17.5. The van der Waals surface area contributed by atoms with E-state index in [2.05, 4.69) is 20.6 Å². The van der Waals surface area contributed by atoms with Gasteiger partial charge in [-0.2, -0.15) is 26.3 Å². The van der Waals surface area contributed by atoms with E-state index in [4.69, 9.17) is 14.2 Å². The lowest BCUT2D eigenvalue weighted by Gasteiger charge is -2.14. The summed E-state index contributed by atoms with van der Waals surface area (Å²) < 4.78 is 125. The SMILES string of the molecule is CCCC(=O)c1ccc(-c2cnc3c(NCCC(F)(F)F)cc(Oc4ccc(O)c(F)c4)cn23)cc1C.CCCC(=O)c1ccc(-c2cnc3c(NCCC(F)(F)F)cc(Oc4ccc(OC)c(F)c4)cn23)cc1C. The van der Waals surface area contributed by atoms with Crippen LogP contribution in [0.2, 0.25) is 0 Å². The van der Waals surface area contributed by atoms with Gasteiger partial charge in [-0.25, -0.2) is 18.7 Å². The molecular formula is C55H52F8N6O6. The molecule has 0 saturated heterocycles. The number of halogens is 8. The number of carbonyl (C=O) groups excluding carboxylic acids is 2. The minimum Gasteiger partial charge on any atom is -0.505 e. The van der Waals surface area contributed by atoms with E-state index in [0.717, 1.165) is 53.3 Å². The Bertz CT molecular complexity index is 3350. The minimum absolute atomic E-state index is 0.0513. The Hall–Kier alpha value is -8.16. The Balaban J connectivity index is 0.000000219. The van der Waals surface area contributed by atoms with Gasteiger partial charge < -0.3 is 30.0 Å². The van der Waals surface area contributed by atoms with Crippen molar-refractivity contribution < 1.29 is 64.0 Å². The molecule has 8 rings (SSSR count). The molecule has 0 radical (unpaired) electrons. The average Bonchev–Trinajstić information content (AvgIpc) is 3.97. The number of imidazole rings is 2. The number of nitrogens with one attached hydrogen (secondary N) is 2. The Morgan fingerprint density at radius 1 is 0.600 bits per heavy atom. The highest BCUT2D eigenvalue weighted by Gasteiger charge is 2.28. The molecule has 0 unspecified atom stereocenters. The molecule has 0 atom stereocenters. The van der Waals surface area contributed by atoms with Crippen molar-refractivity contribution >= 4 is 34.2 Å².